The van der Waals surface area contributed by atoms with Crippen LogP contribution in [-0.2, 0) is 0 Å². The minimum atomic E-state index is 0.168. The van der Waals surface area contributed by atoms with Crippen LogP contribution in [0.1, 0.15) is 6.92 Å². The zero-order valence-corrected chi connectivity index (χ0v) is 8.08. The Hall–Kier alpha value is 0.110. The molecule has 0 aromatic heterocycles. The number of aliphatic imine (C=N–C) groups is 1. The molecule has 2 heterocycles. The van der Waals surface area contributed by atoms with E-state index < -0.39 is 0 Å². The van der Waals surface area contributed by atoms with Gasteiger partial charge in [0.05, 0.1) is 12.1 Å². The molecule has 0 aliphatic carbocycles. The fraction of sp³-hybridized carbons (Fsp3) is 0.857. The summed E-state index contributed by atoms with van der Waals surface area (Å²) in [5, 5.41) is 1.20. The highest BCUT2D eigenvalue weighted by Crippen LogP contribution is 2.35. The van der Waals surface area contributed by atoms with Crippen molar-refractivity contribution in [3.8, 4) is 0 Å². The van der Waals surface area contributed by atoms with Crippen LogP contribution in [0.4, 0.5) is 0 Å². The van der Waals surface area contributed by atoms with Crippen molar-refractivity contribution in [2.45, 2.75) is 12.5 Å². The standard InChI is InChI=1S/C7H11ClN2S/c1-7(4-8)5-11-6-9-2-3-10(6)7/h2-5H2,1H3. The molecule has 0 N–H and O–H groups in total. The third-order valence-electron chi connectivity index (χ3n) is 2.25. The zero-order valence-electron chi connectivity index (χ0n) is 6.51. The summed E-state index contributed by atoms with van der Waals surface area (Å²) in [5.74, 6) is 1.80. The fourth-order valence-corrected chi connectivity index (χ4v) is 3.16. The van der Waals surface area contributed by atoms with Gasteiger partial charge in [-0.2, -0.15) is 0 Å². The second kappa shape index (κ2) is 2.56. The van der Waals surface area contributed by atoms with Gasteiger partial charge in [-0.3, -0.25) is 4.99 Å². The molecule has 4 heteroatoms. The molecule has 0 saturated carbocycles. The molecule has 0 aromatic carbocycles. The maximum atomic E-state index is 5.91. The Morgan fingerprint density at radius 2 is 2.64 bits per heavy atom. The largest absolute Gasteiger partial charge is 0.342 e. The Bertz CT molecular complexity index is 207. The summed E-state index contributed by atoms with van der Waals surface area (Å²) in [4.78, 5) is 6.73. The molecule has 0 bridgehead atoms. The lowest BCUT2D eigenvalue weighted by Gasteiger charge is -2.30. The topological polar surface area (TPSA) is 15.6 Å². The van der Waals surface area contributed by atoms with Crippen LogP contribution in [0.25, 0.3) is 0 Å². The molecule has 62 valence electrons. The summed E-state index contributed by atoms with van der Waals surface area (Å²) in [6.07, 6.45) is 0. The number of hydrogen-bond acceptors (Lipinski definition) is 3. The maximum Gasteiger partial charge on any atom is 0.159 e. The number of alkyl halides is 1. The first-order valence-electron chi connectivity index (χ1n) is 3.77. The maximum absolute atomic E-state index is 5.91. The Balaban J connectivity index is 2.23. The lowest BCUT2D eigenvalue weighted by Crippen LogP contribution is -2.45. The van der Waals surface area contributed by atoms with Gasteiger partial charge >= 0.3 is 0 Å². The van der Waals surface area contributed by atoms with Gasteiger partial charge in [0.2, 0.25) is 0 Å². The Morgan fingerprint density at radius 3 is 3.36 bits per heavy atom. The Labute approximate surface area is 76.0 Å². The minimum Gasteiger partial charge on any atom is -0.342 e. The van der Waals surface area contributed by atoms with Crippen LogP contribution >= 0.6 is 23.4 Å². The van der Waals surface area contributed by atoms with Gasteiger partial charge in [0.1, 0.15) is 0 Å². The van der Waals surface area contributed by atoms with E-state index in [1.54, 1.807) is 0 Å². The molecule has 2 rings (SSSR count). The van der Waals surface area contributed by atoms with Crippen LogP contribution in [0, 0.1) is 0 Å². The summed E-state index contributed by atoms with van der Waals surface area (Å²) in [6.45, 7) is 4.22. The zero-order chi connectivity index (χ0) is 7.90. The molecule has 1 atom stereocenters. The van der Waals surface area contributed by atoms with Crippen LogP contribution in [0.15, 0.2) is 4.99 Å². The number of thioether (sulfide) groups is 1. The molecule has 2 aliphatic rings. The van der Waals surface area contributed by atoms with Crippen LogP contribution < -0.4 is 0 Å². The summed E-state index contributed by atoms with van der Waals surface area (Å²) >= 11 is 7.74. The number of amidine groups is 1. The Morgan fingerprint density at radius 1 is 1.82 bits per heavy atom. The molecule has 0 aromatic rings. The van der Waals surface area contributed by atoms with Gasteiger partial charge in [0.15, 0.2) is 5.17 Å². The van der Waals surface area contributed by atoms with Crippen molar-refractivity contribution >= 4 is 28.5 Å². The molecular formula is C7H11ClN2S. The fourth-order valence-electron chi connectivity index (χ4n) is 1.46. The van der Waals surface area contributed by atoms with E-state index in [0.717, 1.165) is 18.8 Å². The average Bonchev–Trinajstić information content (AvgIpc) is 2.55. The highest BCUT2D eigenvalue weighted by molar-refractivity contribution is 8.14. The second-order valence-corrected chi connectivity index (χ2v) is 4.44. The summed E-state index contributed by atoms with van der Waals surface area (Å²) in [6, 6.07) is 0. The van der Waals surface area contributed by atoms with Crippen molar-refractivity contribution in [1.29, 1.82) is 0 Å². The first kappa shape index (κ1) is 7.74. The molecule has 1 saturated heterocycles. The van der Waals surface area contributed by atoms with Gasteiger partial charge in [0.25, 0.3) is 0 Å². The normalized spacial score (nSPS) is 35.8. The number of rotatable bonds is 1. The molecular weight excluding hydrogens is 180 g/mol. The van der Waals surface area contributed by atoms with Crippen LogP contribution in [-0.4, -0.2) is 40.3 Å². The SMILES string of the molecule is CC1(CCl)CSC2=NCCN21. The van der Waals surface area contributed by atoms with Gasteiger partial charge < -0.3 is 4.90 Å². The van der Waals surface area contributed by atoms with Gasteiger partial charge in [-0.1, -0.05) is 11.8 Å². The highest BCUT2D eigenvalue weighted by Gasteiger charge is 2.41. The molecule has 2 nitrogen and oxygen atoms in total. The van der Waals surface area contributed by atoms with E-state index in [1.165, 1.54) is 5.17 Å². The molecule has 11 heavy (non-hydrogen) atoms. The van der Waals surface area contributed by atoms with E-state index in [4.69, 9.17) is 11.6 Å². The Kier molecular flexibility index (Phi) is 1.80. The lowest BCUT2D eigenvalue weighted by molar-refractivity contribution is 0.281. The third-order valence-corrected chi connectivity index (χ3v) is 4.20. The predicted octanol–water partition coefficient (Wildman–Crippen LogP) is 1.40. The van der Waals surface area contributed by atoms with E-state index >= 15 is 0 Å². The smallest absolute Gasteiger partial charge is 0.159 e. The van der Waals surface area contributed by atoms with Gasteiger partial charge in [0, 0.05) is 18.2 Å². The molecule has 1 fully saturated rings. The third kappa shape index (κ3) is 1.05. The van der Waals surface area contributed by atoms with Crippen molar-refractivity contribution in [3.63, 3.8) is 0 Å². The first-order chi connectivity index (χ1) is 5.26. The highest BCUT2D eigenvalue weighted by atomic mass is 35.5. The van der Waals surface area contributed by atoms with E-state index in [-0.39, 0.29) is 5.54 Å². The number of hydrogen-bond donors (Lipinski definition) is 0. The second-order valence-electron chi connectivity index (χ2n) is 3.24. The van der Waals surface area contributed by atoms with Crippen molar-refractivity contribution in [2.75, 3.05) is 24.7 Å². The molecule has 1 unspecified atom stereocenters. The predicted molar refractivity (Wildman–Crippen MR) is 50.6 cm³/mol. The van der Waals surface area contributed by atoms with Crippen LogP contribution in [0.3, 0.4) is 0 Å². The van der Waals surface area contributed by atoms with Gasteiger partial charge in [-0.25, -0.2) is 0 Å². The van der Waals surface area contributed by atoms with E-state index in [2.05, 4.69) is 16.8 Å². The monoisotopic (exact) mass is 190 g/mol. The van der Waals surface area contributed by atoms with E-state index in [0.29, 0.717) is 5.88 Å². The number of fused-ring (bicyclic) bond motifs is 1. The summed E-state index contributed by atoms with van der Waals surface area (Å²) in [7, 11) is 0. The quantitative estimate of drug-likeness (QED) is 0.581. The number of nitrogens with zero attached hydrogens (tertiary/aromatic N) is 2. The van der Waals surface area contributed by atoms with Crippen LogP contribution in [0.2, 0.25) is 0 Å². The molecule has 0 radical (unpaired) electrons. The summed E-state index contributed by atoms with van der Waals surface area (Å²) < 4.78 is 0. The number of halogens is 1. The van der Waals surface area contributed by atoms with Crippen LogP contribution in [0.5, 0.6) is 0 Å². The van der Waals surface area contributed by atoms with Crippen molar-refractivity contribution in [1.82, 2.24) is 4.90 Å². The van der Waals surface area contributed by atoms with Crippen molar-refractivity contribution < 1.29 is 0 Å². The van der Waals surface area contributed by atoms with Gasteiger partial charge in [-0.15, -0.1) is 11.6 Å². The van der Waals surface area contributed by atoms with Crippen molar-refractivity contribution in [2.24, 2.45) is 4.99 Å². The molecule has 2 aliphatic heterocycles. The average molecular weight is 191 g/mol. The minimum absolute atomic E-state index is 0.168. The van der Waals surface area contributed by atoms with E-state index in [9.17, 15) is 0 Å². The van der Waals surface area contributed by atoms with E-state index in [1.807, 2.05) is 11.8 Å². The lowest BCUT2D eigenvalue weighted by atomic mass is 10.1. The van der Waals surface area contributed by atoms with Gasteiger partial charge in [-0.05, 0) is 6.92 Å². The molecule has 0 spiro atoms. The summed E-state index contributed by atoms with van der Waals surface area (Å²) in [5.41, 5.74) is 0.168. The van der Waals surface area contributed by atoms with Crippen molar-refractivity contribution in [3.05, 3.63) is 0 Å². The first-order valence-corrected chi connectivity index (χ1v) is 5.29. The molecule has 0 amide bonds.